The number of aldehydes is 1. The summed E-state index contributed by atoms with van der Waals surface area (Å²) in [6.07, 6.45) is 5.58. The minimum Gasteiger partial charge on any atom is -0.457 e. The van der Waals surface area contributed by atoms with Crippen molar-refractivity contribution in [2.24, 2.45) is 0 Å². The van der Waals surface area contributed by atoms with Gasteiger partial charge in [0.1, 0.15) is 12.9 Å². The normalized spacial score (nSPS) is 14.1. The third-order valence-electron chi connectivity index (χ3n) is 2.27. The lowest BCUT2D eigenvalue weighted by atomic mass is 10.1. The van der Waals surface area contributed by atoms with Gasteiger partial charge in [-0.1, -0.05) is 24.1 Å². The SMILES string of the molecule is C#C[C@](O)(COC(=O)c1ccccc1)/C(F)=C\C=O. The molecular formula is C14H11FO4. The molecule has 0 unspecified atom stereocenters. The fraction of sp³-hybridized carbons (Fsp3) is 0.143. The molecule has 1 aromatic carbocycles. The third-order valence-corrected chi connectivity index (χ3v) is 2.27. The minimum absolute atomic E-state index is 0.136. The Morgan fingerprint density at radius 1 is 1.47 bits per heavy atom. The smallest absolute Gasteiger partial charge is 0.338 e. The molecule has 1 aromatic rings. The Bertz CT molecular complexity index is 530. The highest BCUT2D eigenvalue weighted by atomic mass is 19.1. The minimum atomic E-state index is -2.44. The number of aliphatic hydroxyl groups is 1. The molecular weight excluding hydrogens is 251 g/mol. The van der Waals surface area contributed by atoms with E-state index in [9.17, 15) is 19.1 Å². The summed E-state index contributed by atoms with van der Waals surface area (Å²) >= 11 is 0. The van der Waals surface area contributed by atoms with Crippen LogP contribution in [0.5, 0.6) is 0 Å². The van der Waals surface area contributed by atoms with Gasteiger partial charge in [-0.3, -0.25) is 4.79 Å². The molecule has 0 amide bonds. The number of esters is 1. The molecule has 1 rings (SSSR count). The van der Waals surface area contributed by atoms with Crippen molar-refractivity contribution in [1.82, 2.24) is 0 Å². The van der Waals surface area contributed by atoms with Gasteiger partial charge in [0.15, 0.2) is 5.83 Å². The van der Waals surface area contributed by atoms with Crippen LogP contribution in [0.4, 0.5) is 4.39 Å². The second-order valence-corrected chi connectivity index (χ2v) is 3.60. The second kappa shape index (κ2) is 6.47. The van der Waals surface area contributed by atoms with Crippen molar-refractivity contribution in [1.29, 1.82) is 0 Å². The Kier molecular flexibility index (Phi) is 4.98. The van der Waals surface area contributed by atoms with E-state index in [4.69, 9.17) is 11.2 Å². The van der Waals surface area contributed by atoms with Gasteiger partial charge >= 0.3 is 5.97 Å². The Labute approximate surface area is 109 Å². The summed E-state index contributed by atoms with van der Waals surface area (Å²) < 4.78 is 18.1. The number of hydrogen-bond acceptors (Lipinski definition) is 4. The topological polar surface area (TPSA) is 63.6 Å². The van der Waals surface area contributed by atoms with Gasteiger partial charge in [0.25, 0.3) is 0 Å². The van der Waals surface area contributed by atoms with Crippen LogP contribution >= 0.6 is 0 Å². The summed E-state index contributed by atoms with van der Waals surface area (Å²) in [4.78, 5) is 21.7. The molecule has 0 spiro atoms. The van der Waals surface area contributed by atoms with E-state index >= 15 is 0 Å². The molecule has 98 valence electrons. The molecule has 0 bridgehead atoms. The number of terminal acetylenes is 1. The average molecular weight is 262 g/mol. The zero-order chi connectivity index (χ0) is 14.3. The lowest BCUT2D eigenvalue weighted by Crippen LogP contribution is -2.35. The van der Waals surface area contributed by atoms with Crippen LogP contribution in [0.1, 0.15) is 10.4 Å². The van der Waals surface area contributed by atoms with Crippen molar-refractivity contribution >= 4 is 12.3 Å². The van der Waals surface area contributed by atoms with Gasteiger partial charge in [-0.2, -0.15) is 0 Å². The Morgan fingerprint density at radius 2 is 2.11 bits per heavy atom. The largest absolute Gasteiger partial charge is 0.457 e. The lowest BCUT2D eigenvalue weighted by Gasteiger charge is -2.19. The van der Waals surface area contributed by atoms with Crippen molar-refractivity contribution in [3.05, 3.63) is 47.8 Å². The molecule has 0 saturated carbocycles. The summed E-state index contributed by atoms with van der Waals surface area (Å²) in [5.74, 6) is -0.269. The summed E-state index contributed by atoms with van der Waals surface area (Å²) in [5, 5.41) is 9.70. The Balaban J connectivity index is 2.75. The summed E-state index contributed by atoms with van der Waals surface area (Å²) in [5.41, 5.74) is -2.20. The van der Waals surface area contributed by atoms with Crippen LogP contribution in [0, 0.1) is 12.3 Å². The number of halogens is 1. The van der Waals surface area contributed by atoms with Crippen LogP contribution < -0.4 is 0 Å². The monoisotopic (exact) mass is 262 g/mol. The standard InChI is InChI=1S/C14H11FO4/c1-2-14(18,12(15)8-9-16)10-19-13(17)11-6-4-3-5-7-11/h1,3-9,18H,10H2/b12-8+/t14-/m0/s1. The van der Waals surface area contributed by atoms with E-state index in [1.165, 1.54) is 12.1 Å². The molecule has 0 heterocycles. The molecule has 0 aliphatic heterocycles. The molecule has 4 nitrogen and oxygen atoms in total. The van der Waals surface area contributed by atoms with Crippen LogP contribution in [-0.2, 0) is 9.53 Å². The molecule has 0 aliphatic carbocycles. The van der Waals surface area contributed by atoms with Crippen molar-refractivity contribution in [2.75, 3.05) is 6.61 Å². The maximum absolute atomic E-state index is 13.4. The predicted octanol–water partition coefficient (Wildman–Crippen LogP) is 1.26. The molecule has 0 saturated heterocycles. The fourth-order valence-corrected chi connectivity index (χ4v) is 1.20. The lowest BCUT2D eigenvalue weighted by molar-refractivity contribution is -0.104. The summed E-state index contributed by atoms with van der Waals surface area (Å²) in [6.45, 7) is -0.784. The first kappa shape index (κ1) is 14.6. The molecule has 19 heavy (non-hydrogen) atoms. The van der Waals surface area contributed by atoms with Crippen molar-refractivity contribution < 1.29 is 23.8 Å². The van der Waals surface area contributed by atoms with Crippen molar-refractivity contribution in [3.63, 3.8) is 0 Å². The van der Waals surface area contributed by atoms with E-state index in [0.29, 0.717) is 6.08 Å². The Hall–Kier alpha value is -2.45. The first-order valence-corrected chi connectivity index (χ1v) is 5.27. The molecule has 0 aliphatic rings. The predicted molar refractivity (Wildman–Crippen MR) is 65.8 cm³/mol. The molecule has 1 N–H and O–H groups in total. The molecule has 1 atom stereocenters. The number of rotatable bonds is 5. The quantitative estimate of drug-likeness (QED) is 0.375. The second-order valence-electron chi connectivity index (χ2n) is 3.60. The average Bonchev–Trinajstić information content (AvgIpc) is 2.45. The zero-order valence-corrected chi connectivity index (χ0v) is 9.88. The highest BCUT2D eigenvalue weighted by Gasteiger charge is 2.32. The first-order valence-electron chi connectivity index (χ1n) is 5.27. The van der Waals surface area contributed by atoms with Crippen molar-refractivity contribution in [2.45, 2.75) is 5.60 Å². The Morgan fingerprint density at radius 3 is 2.63 bits per heavy atom. The zero-order valence-electron chi connectivity index (χ0n) is 9.88. The highest BCUT2D eigenvalue weighted by molar-refractivity contribution is 5.89. The van der Waals surface area contributed by atoms with E-state index in [0.717, 1.165) is 0 Å². The third kappa shape index (κ3) is 3.76. The number of benzene rings is 1. The number of ether oxygens (including phenoxy) is 1. The van der Waals surface area contributed by atoms with E-state index < -0.39 is 24.0 Å². The maximum Gasteiger partial charge on any atom is 0.338 e. The molecule has 5 heteroatoms. The number of allylic oxidation sites excluding steroid dienone is 1. The van der Waals surface area contributed by atoms with Crippen LogP contribution in [0.2, 0.25) is 0 Å². The highest BCUT2D eigenvalue weighted by Crippen LogP contribution is 2.18. The van der Waals surface area contributed by atoms with E-state index in [2.05, 4.69) is 0 Å². The fourth-order valence-electron chi connectivity index (χ4n) is 1.20. The molecule has 0 radical (unpaired) electrons. The maximum atomic E-state index is 13.4. The van der Waals surface area contributed by atoms with Crippen LogP contribution in [-0.4, -0.2) is 29.6 Å². The van der Waals surface area contributed by atoms with Crippen LogP contribution in [0.25, 0.3) is 0 Å². The van der Waals surface area contributed by atoms with E-state index in [1.807, 2.05) is 0 Å². The first-order chi connectivity index (χ1) is 9.03. The van der Waals surface area contributed by atoms with Crippen LogP contribution in [0.15, 0.2) is 42.2 Å². The van der Waals surface area contributed by atoms with Gasteiger partial charge < -0.3 is 9.84 Å². The van der Waals surface area contributed by atoms with Gasteiger partial charge in [-0.05, 0) is 12.1 Å². The molecule has 0 fully saturated rings. The summed E-state index contributed by atoms with van der Waals surface area (Å²) in [6, 6.07) is 7.94. The molecule has 0 aromatic heterocycles. The van der Waals surface area contributed by atoms with Crippen LogP contribution in [0.3, 0.4) is 0 Å². The van der Waals surface area contributed by atoms with Gasteiger partial charge in [-0.25, -0.2) is 9.18 Å². The number of hydrogen-bond donors (Lipinski definition) is 1. The van der Waals surface area contributed by atoms with E-state index in [1.54, 1.807) is 24.1 Å². The van der Waals surface area contributed by atoms with Gasteiger partial charge in [0.05, 0.1) is 5.56 Å². The van der Waals surface area contributed by atoms with E-state index in [-0.39, 0.29) is 11.8 Å². The van der Waals surface area contributed by atoms with Gasteiger partial charge in [0, 0.05) is 6.08 Å². The summed E-state index contributed by atoms with van der Waals surface area (Å²) in [7, 11) is 0. The number of carbonyl (C=O) groups is 2. The van der Waals surface area contributed by atoms with Gasteiger partial charge in [0.2, 0.25) is 5.60 Å². The van der Waals surface area contributed by atoms with Crippen molar-refractivity contribution in [3.8, 4) is 12.3 Å². The van der Waals surface area contributed by atoms with Gasteiger partial charge in [-0.15, -0.1) is 6.42 Å². The number of carbonyl (C=O) groups excluding carboxylic acids is 2.